The second-order valence-electron chi connectivity index (χ2n) is 5.62. The van der Waals surface area contributed by atoms with Crippen LogP contribution in [0, 0.1) is 0 Å². The summed E-state index contributed by atoms with van der Waals surface area (Å²) in [6.07, 6.45) is 2.56. The topological polar surface area (TPSA) is 24.9 Å². The maximum Gasteiger partial charge on any atom is 0.125 e. The fraction of sp³-hybridized carbons (Fsp3) is 0.438. The summed E-state index contributed by atoms with van der Waals surface area (Å²) in [6.45, 7) is 5.26. The van der Waals surface area contributed by atoms with E-state index in [0.717, 1.165) is 22.1 Å². The van der Waals surface area contributed by atoms with E-state index in [1.165, 1.54) is 23.4 Å². The quantitative estimate of drug-likeness (QED) is 0.855. The van der Waals surface area contributed by atoms with Gasteiger partial charge in [-0.15, -0.1) is 11.3 Å². The summed E-state index contributed by atoms with van der Waals surface area (Å²) >= 11 is 8.07. The number of nitrogens with zero attached hydrogens (tertiary/aromatic N) is 1. The number of nitrogens with one attached hydrogen (secondary N) is 1. The molecule has 0 aliphatic heterocycles. The van der Waals surface area contributed by atoms with Crippen molar-refractivity contribution in [2.24, 2.45) is 0 Å². The van der Waals surface area contributed by atoms with Gasteiger partial charge in [-0.05, 0) is 18.9 Å². The van der Waals surface area contributed by atoms with Gasteiger partial charge in [0.25, 0.3) is 0 Å². The van der Waals surface area contributed by atoms with Crippen molar-refractivity contribution >= 4 is 22.9 Å². The van der Waals surface area contributed by atoms with Gasteiger partial charge in [0, 0.05) is 28.9 Å². The summed E-state index contributed by atoms with van der Waals surface area (Å²) in [5, 5.41) is 5.34. The van der Waals surface area contributed by atoms with Crippen LogP contribution in [0.2, 0.25) is 5.02 Å². The molecule has 2 aromatic rings. The van der Waals surface area contributed by atoms with Crippen molar-refractivity contribution in [2.45, 2.75) is 45.2 Å². The molecule has 1 aromatic carbocycles. The molecule has 20 heavy (non-hydrogen) atoms. The smallest absolute Gasteiger partial charge is 0.125 e. The van der Waals surface area contributed by atoms with Gasteiger partial charge in [0.05, 0.1) is 10.7 Å². The Morgan fingerprint density at radius 3 is 2.75 bits per heavy atom. The normalized spacial score (nSPS) is 15.0. The molecule has 1 heterocycles. The highest BCUT2D eigenvalue weighted by Crippen LogP contribution is 2.44. The van der Waals surface area contributed by atoms with Crippen molar-refractivity contribution in [1.29, 1.82) is 0 Å². The zero-order valence-electron chi connectivity index (χ0n) is 11.8. The van der Waals surface area contributed by atoms with Gasteiger partial charge in [-0.1, -0.05) is 43.6 Å². The SMILES string of the molecule is CC(C)NCc1sc(-c2ccccc2Cl)nc1C1CC1. The second kappa shape index (κ2) is 5.84. The number of thiazole rings is 1. The molecular weight excluding hydrogens is 288 g/mol. The van der Waals surface area contributed by atoms with Gasteiger partial charge in [0.15, 0.2) is 0 Å². The van der Waals surface area contributed by atoms with E-state index in [2.05, 4.69) is 25.2 Å². The Balaban J connectivity index is 1.93. The molecule has 1 aliphatic rings. The van der Waals surface area contributed by atoms with Gasteiger partial charge < -0.3 is 5.32 Å². The fourth-order valence-electron chi connectivity index (χ4n) is 2.21. The number of rotatable bonds is 5. The van der Waals surface area contributed by atoms with Crippen molar-refractivity contribution in [3.8, 4) is 10.6 Å². The molecule has 0 spiro atoms. The summed E-state index contributed by atoms with van der Waals surface area (Å²) < 4.78 is 0. The van der Waals surface area contributed by atoms with Gasteiger partial charge in [0.1, 0.15) is 5.01 Å². The molecule has 2 nitrogen and oxygen atoms in total. The molecule has 3 rings (SSSR count). The Bertz CT molecular complexity index is 602. The zero-order chi connectivity index (χ0) is 14.1. The molecule has 1 aromatic heterocycles. The number of benzene rings is 1. The van der Waals surface area contributed by atoms with Crippen LogP contribution in [0.5, 0.6) is 0 Å². The number of aromatic nitrogens is 1. The van der Waals surface area contributed by atoms with Crippen LogP contribution in [-0.2, 0) is 6.54 Å². The molecule has 1 saturated carbocycles. The average Bonchev–Trinajstić information content (AvgIpc) is 3.18. The Morgan fingerprint density at radius 2 is 2.10 bits per heavy atom. The summed E-state index contributed by atoms with van der Waals surface area (Å²) in [4.78, 5) is 6.25. The monoisotopic (exact) mass is 306 g/mol. The van der Waals surface area contributed by atoms with Crippen molar-refractivity contribution < 1.29 is 0 Å². The zero-order valence-corrected chi connectivity index (χ0v) is 13.4. The fourth-order valence-corrected chi connectivity index (χ4v) is 3.63. The molecule has 0 bridgehead atoms. The summed E-state index contributed by atoms with van der Waals surface area (Å²) in [5.41, 5.74) is 2.34. The molecule has 4 heteroatoms. The van der Waals surface area contributed by atoms with Gasteiger partial charge in [-0.25, -0.2) is 4.98 Å². The van der Waals surface area contributed by atoms with E-state index < -0.39 is 0 Å². The van der Waals surface area contributed by atoms with Crippen LogP contribution >= 0.6 is 22.9 Å². The third-order valence-electron chi connectivity index (χ3n) is 3.47. The molecular formula is C16H19ClN2S. The maximum atomic E-state index is 6.29. The number of halogens is 1. The lowest BCUT2D eigenvalue weighted by atomic mass is 10.2. The highest BCUT2D eigenvalue weighted by Gasteiger charge is 2.30. The van der Waals surface area contributed by atoms with Crippen LogP contribution in [-0.4, -0.2) is 11.0 Å². The van der Waals surface area contributed by atoms with E-state index in [9.17, 15) is 0 Å². The first-order chi connectivity index (χ1) is 9.65. The van der Waals surface area contributed by atoms with Crippen LogP contribution in [0.25, 0.3) is 10.6 Å². The predicted octanol–water partition coefficient (Wildman–Crippen LogP) is 4.84. The lowest BCUT2D eigenvalue weighted by Gasteiger charge is -2.07. The predicted molar refractivity (Wildman–Crippen MR) is 86.5 cm³/mol. The third-order valence-corrected chi connectivity index (χ3v) is 4.90. The van der Waals surface area contributed by atoms with E-state index in [-0.39, 0.29) is 0 Å². The molecule has 0 radical (unpaired) electrons. The Morgan fingerprint density at radius 1 is 1.35 bits per heavy atom. The largest absolute Gasteiger partial charge is 0.310 e. The third kappa shape index (κ3) is 3.05. The highest BCUT2D eigenvalue weighted by molar-refractivity contribution is 7.15. The summed E-state index contributed by atoms with van der Waals surface area (Å²) in [5.74, 6) is 0.673. The van der Waals surface area contributed by atoms with Crippen LogP contribution < -0.4 is 5.32 Å². The molecule has 0 amide bonds. The summed E-state index contributed by atoms with van der Waals surface area (Å²) in [7, 11) is 0. The Kier molecular flexibility index (Phi) is 4.11. The van der Waals surface area contributed by atoms with Crippen molar-refractivity contribution in [1.82, 2.24) is 10.3 Å². The average molecular weight is 307 g/mol. The highest BCUT2D eigenvalue weighted by atomic mass is 35.5. The molecule has 106 valence electrons. The van der Waals surface area contributed by atoms with Crippen molar-refractivity contribution in [3.05, 3.63) is 39.9 Å². The van der Waals surface area contributed by atoms with Crippen molar-refractivity contribution in [2.75, 3.05) is 0 Å². The van der Waals surface area contributed by atoms with Crippen LogP contribution in [0.1, 0.15) is 43.2 Å². The molecule has 0 saturated heterocycles. The first kappa shape index (κ1) is 14.1. The lowest BCUT2D eigenvalue weighted by molar-refractivity contribution is 0.590. The van der Waals surface area contributed by atoms with E-state index in [1.54, 1.807) is 11.3 Å². The van der Waals surface area contributed by atoms with E-state index >= 15 is 0 Å². The molecule has 0 unspecified atom stereocenters. The van der Waals surface area contributed by atoms with Crippen molar-refractivity contribution in [3.63, 3.8) is 0 Å². The first-order valence-corrected chi connectivity index (χ1v) is 8.32. The van der Waals surface area contributed by atoms with Gasteiger partial charge in [-0.2, -0.15) is 0 Å². The standard InChI is InChI=1S/C16H19ClN2S/c1-10(2)18-9-14-15(11-7-8-11)19-16(20-14)12-5-3-4-6-13(12)17/h3-6,10-11,18H,7-9H2,1-2H3. The second-order valence-corrected chi connectivity index (χ2v) is 7.11. The van der Waals surface area contributed by atoms with Gasteiger partial charge in [-0.3, -0.25) is 0 Å². The van der Waals surface area contributed by atoms with Crippen LogP contribution in [0.3, 0.4) is 0 Å². The Labute approximate surface area is 129 Å². The molecule has 0 atom stereocenters. The van der Waals surface area contributed by atoms with E-state index in [4.69, 9.17) is 16.6 Å². The van der Waals surface area contributed by atoms with E-state index in [1.807, 2.05) is 18.2 Å². The summed E-state index contributed by atoms with van der Waals surface area (Å²) in [6, 6.07) is 8.46. The van der Waals surface area contributed by atoms with Gasteiger partial charge in [0.2, 0.25) is 0 Å². The lowest BCUT2D eigenvalue weighted by Crippen LogP contribution is -2.21. The number of hydrogen-bond donors (Lipinski definition) is 1. The first-order valence-electron chi connectivity index (χ1n) is 7.13. The minimum Gasteiger partial charge on any atom is -0.310 e. The van der Waals surface area contributed by atoms with Gasteiger partial charge >= 0.3 is 0 Å². The molecule has 1 N–H and O–H groups in total. The minimum atomic E-state index is 0.493. The molecule has 1 aliphatic carbocycles. The van der Waals surface area contributed by atoms with Crippen LogP contribution in [0.4, 0.5) is 0 Å². The molecule has 1 fully saturated rings. The number of hydrogen-bond acceptors (Lipinski definition) is 3. The maximum absolute atomic E-state index is 6.29. The Hall–Kier alpha value is -0.900. The van der Waals surface area contributed by atoms with E-state index in [0.29, 0.717) is 12.0 Å². The minimum absolute atomic E-state index is 0.493. The van der Waals surface area contributed by atoms with Crippen LogP contribution in [0.15, 0.2) is 24.3 Å².